The quantitative estimate of drug-likeness (QED) is 0.840. The van der Waals surface area contributed by atoms with Gasteiger partial charge in [-0.05, 0) is 24.6 Å². The van der Waals surface area contributed by atoms with Crippen LogP contribution in [0.15, 0.2) is 18.3 Å². The van der Waals surface area contributed by atoms with Gasteiger partial charge >= 0.3 is 0 Å². The van der Waals surface area contributed by atoms with Crippen LogP contribution in [0, 0.1) is 5.92 Å². The smallest absolute Gasteiger partial charge is 0.127 e. The van der Waals surface area contributed by atoms with Crippen LogP contribution in [-0.4, -0.2) is 39.3 Å². The number of hydrogen-bond donors (Lipinski definition) is 1. The van der Waals surface area contributed by atoms with E-state index in [-0.39, 0.29) is 12.1 Å². The molecule has 1 rings (SSSR count). The molecule has 0 saturated carbocycles. The van der Waals surface area contributed by atoms with Crippen LogP contribution < -0.4 is 10.2 Å². The lowest BCUT2D eigenvalue weighted by molar-refractivity contribution is 0.0347. The van der Waals surface area contributed by atoms with Gasteiger partial charge in [0.2, 0.25) is 0 Å². The van der Waals surface area contributed by atoms with E-state index in [9.17, 15) is 0 Å². The fourth-order valence-corrected chi connectivity index (χ4v) is 2.16. The molecular weight excluding hydrogens is 226 g/mol. The first-order chi connectivity index (χ1) is 8.51. The van der Waals surface area contributed by atoms with E-state index in [2.05, 4.69) is 30.2 Å². The first-order valence-electron chi connectivity index (χ1n) is 6.34. The molecule has 1 heterocycles. The predicted octanol–water partition coefficient (Wildman–Crippen LogP) is 2.08. The highest BCUT2D eigenvalue weighted by Gasteiger charge is 2.24. The second-order valence-electron chi connectivity index (χ2n) is 5.05. The standard InChI is InChI=1S/C14H25N3O/c1-10(2)14(18-6)13(15-3)11-7-8-12(16-9-11)17(4)5/h7-10,13-15H,1-6H3. The molecule has 0 aliphatic rings. The van der Waals surface area contributed by atoms with E-state index in [0.717, 1.165) is 11.4 Å². The second kappa shape index (κ2) is 6.71. The first kappa shape index (κ1) is 14.9. The summed E-state index contributed by atoms with van der Waals surface area (Å²) in [5, 5.41) is 3.32. The van der Waals surface area contributed by atoms with Gasteiger partial charge in [-0.1, -0.05) is 19.9 Å². The molecule has 0 fully saturated rings. The van der Waals surface area contributed by atoms with Gasteiger partial charge < -0.3 is 15.0 Å². The normalized spacial score (nSPS) is 14.6. The Bertz CT molecular complexity index is 349. The van der Waals surface area contributed by atoms with Crippen LogP contribution in [0.5, 0.6) is 0 Å². The summed E-state index contributed by atoms with van der Waals surface area (Å²) in [5.41, 5.74) is 1.16. The maximum Gasteiger partial charge on any atom is 0.127 e. The van der Waals surface area contributed by atoms with Crippen LogP contribution in [0.25, 0.3) is 0 Å². The van der Waals surface area contributed by atoms with Crippen LogP contribution in [0.3, 0.4) is 0 Å². The number of anilines is 1. The lowest BCUT2D eigenvalue weighted by atomic mass is 9.94. The Hall–Kier alpha value is -1.13. The highest BCUT2D eigenvalue weighted by atomic mass is 16.5. The number of likely N-dealkylation sites (N-methyl/N-ethyl adjacent to an activating group) is 1. The van der Waals surface area contributed by atoms with Crippen LogP contribution in [-0.2, 0) is 4.74 Å². The zero-order chi connectivity index (χ0) is 13.7. The average Bonchev–Trinajstić information content (AvgIpc) is 2.35. The highest BCUT2D eigenvalue weighted by Crippen LogP contribution is 2.24. The second-order valence-corrected chi connectivity index (χ2v) is 5.05. The van der Waals surface area contributed by atoms with Crippen molar-refractivity contribution in [3.8, 4) is 0 Å². The molecule has 0 aromatic carbocycles. The van der Waals surface area contributed by atoms with Crippen molar-refractivity contribution in [2.45, 2.75) is 26.0 Å². The van der Waals surface area contributed by atoms with Crippen molar-refractivity contribution in [1.29, 1.82) is 0 Å². The Balaban J connectivity index is 2.94. The fourth-order valence-electron chi connectivity index (χ4n) is 2.16. The van der Waals surface area contributed by atoms with Gasteiger partial charge in [0.05, 0.1) is 12.1 Å². The minimum absolute atomic E-state index is 0.141. The van der Waals surface area contributed by atoms with Gasteiger partial charge in [0.25, 0.3) is 0 Å². The average molecular weight is 251 g/mol. The molecule has 2 unspecified atom stereocenters. The van der Waals surface area contributed by atoms with Gasteiger partial charge in [0, 0.05) is 27.4 Å². The largest absolute Gasteiger partial charge is 0.379 e. The minimum Gasteiger partial charge on any atom is -0.379 e. The molecule has 18 heavy (non-hydrogen) atoms. The van der Waals surface area contributed by atoms with E-state index in [4.69, 9.17) is 4.74 Å². The van der Waals surface area contributed by atoms with E-state index >= 15 is 0 Å². The number of hydrogen-bond acceptors (Lipinski definition) is 4. The summed E-state index contributed by atoms with van der Waals surface area (Å²) < 4.78 is 5.60. The van der Waals surface area contributed by atoms with Gasteiger partial charge in [0.1, 0.15) is 5.82 Å². The van der Waals surface area contributed by atoms with Crippen LogP contribution in [0.4, 0.5) is 5.82 Å². The molecule has 1 aromatic heterocycles. The molecule has 4 heteroatoms. The molecule has 0 aliphatic carbocycles. The number of nitrogens with one attached hydrogen (secondary N) is 1. The molecular formula is C14H25N3O. The van der Waals surface area contributed by atoms with Crippen molar-refractivity contribution < 1.29 is 4.74 Å². The number of ether oxygens (including phenoxy) is 1. The fraction of sp³-hybridized carbons (Fsp3) is 0.643. The van der Waals surface area contributed by atoms with Crippen molar-refractivity contribution in [2.75, 3.05) is 33.2 Å². The Labute approximate surface area is 110 Å². The zero-order valence-corrected chi connectivity index (χ0v) is 12.3. The van der Waals surface area contributed by atoms with Gasteiger partial charge in [-0.3, -0.25) is 0 Å². The minimum atomic E-state index is 0.141. The zero-order valence-electron chi connectivity index (χ0n) is 12.3. The number of pyridine rings is 1. The molecule has 0 bridgehead atoms. The molecule has 1 aromatic rings. The molecule has 0 saturated heterocycles. The maximum atomic E-state index is 5.60. The third kappa shape index (κ3) is 3.43. The third-order valence-electron chi connectivity index (χ3n) is 3.16. The Kier molecular flexibility index (Phi) is 5.56. The van der Waals surface area contributed by atoms with Crippen molar-refractivity contribution in [3.05, 3.63) is 23.9 Å². The van der Waals surface area contributed by atoms with Crippen LogP contribution >= 0.6 is 0 Å². The van der Waals surface area contributed by atoms with Gasteiger partial charge in [-0.25, -0.2) is 4.98 Å². The van der Waals surface area contributed by atoms with Gasteiger partial charge in [-0.2, -0.15) is 0 Å². The monoisotopic (exact) mass is 251 g/mol. The third-order valence-corrected chi connectivity index (χ3v) is 3.16. The van der Waals surface area contributed by atoms with Crippen LogP contribution in [0.1, 0.15) is 25.5 Å². The Morgan fingerprint density at radius 1 is 1.28 bits per heavy atom. The van der Waals surface area contributed by atoms with E-state index in [1.165, 1.54) is 0 Å². The van der Waals surface area contributed by atoms with Gasteiger partial charge in [0.15, 0.2) is 0 Å². The molecule has 0 spiro atoms. The van der Waals surface area contributed by atoms with Crippen molar-refractivity contribution in [3.63, 3.8) is 0 Å². The molecule has 0 amide bonds. The SMILES string of the molecule is CNC(c1ccc(N(C)C)nc1)C(OC)C(C)C. The highest BCUT2D eigenvalue weighted by molar-refractivity contribution is 5.38. The van der Waals surface area contributed by atoms with E-state index < -0.39 is 0 Å². The first-order valence-corrected chi connectivity index (χ1v) is 6.34. The number of methoxy groups -OCH3 is 1. The summed E-state index contributed by atoms with van der Waals surface area (Å²) in [4.78, 5) is 6.45. The van der Waals surface area contributed by atoms with Crippen molar-refractivity contribution in [1.82, 2.24) is 10.3 Å². The molecule has 0 aliphatic heterocycles. The summed E-state index contributed by atoms with van der Waals surface area (Å²) in [6.07, 6.45) is 2.06. The van der Waals surface area contributed by atoms with Crippen LogP contribution in [0.2, 0.25) is 0 Å². The topological polar surface area (TPSA) is 37.4 Å². The van der Waals surface area contributed by atoms with Crippen molar-refractivity contribution >= 4 is 5.82 Å². The van der Waals surface area contributed by atoms with Crippen molar-refractivity contribution in [2.24, 2.45) is 5.92 Å². The van der Waals surface area contributed by atoms with E-state index in [1.807, 2.05) is 38.3 Å². The van der Waals surface area contributed by atoms with Gasteiger partial charge in [-0.15, -0.1) is 0 Å². The summed E-state index contributed by atoms with van der Waals surface area (Å²) in [5.74, 6) is 1.41. The lowest BCUT2D eigenvalue weighted by Crippen LogP contribution is -2.34. The lowest BCUT2D eigenvalue weighted by Gasteiger charge is -2.29. The molecule has 2 atom stereocenters. The van der Waals surface area contributed by atoms with E-state index in [1.54, 1.807) is 7.11 Å². The molecule has 4 nitrogen and oxygen atoms in total. The molecule has 0 radical (unpaired) electrons. The van der Waals surface area contributed by atoms with E-state index in [0.29, 0.717) is 5.92 Å². The Morgan fingerprint density at radius 2 is 1.94 bits per heavy atom. The predicted molar refractivity (Wildman–Crippen MR) is 76.0 cm³/mol. The summed E-state index contributed by atoms with van der Waals surface area (Å²) in [6.45, 7) is 4.33. The molecule has 102 valence electrons. The molecule has 1 N–H and O–H groups in total. The number of rotatable bonds is 6. The number of aromatic nitrogens is 1. The summed E-state index contributed by atoms with van der Waals surface area (Å²) >= 11 is 0. The number of nitrogens with zero attached hydrogens (tertiary/aromatic N) is 2. The summed E-state index contributed by atoms with van der Waals surface area (Å²) in [7, 11) is 7.70. The maximum absolute atomic E-state index is 5.60. The Morgan fingerprint density at radius 3 is 2.28 bits per heavy atom. The summed E-state index contributed by atoms with van der Waals surface area (Å²) in [6, 6.07) is 4.31.